The quantitative estimate of drug-likeness (QED) is 0.162. The van der Waals surface area contributed by atoms with Crippen molar-refractivity contribution < 1.29 is 28.5 Å². The Kier molecular flexibility index (Phi) is 9.84. The van der Waals surface area contributed by atoms with Gasteiger partial charge in [0.15, 0.2) is 4.80 Å². The molecule has 1 aliphatic rings. The van der Waals surface area contributed by atoms with Crippen molar-refractivity contribution >= 4 is 23.4 Å². The van der Waals surface area contributed by atoms with E-state index in [1.807, 2.05) is 60.7 Å². The van der Waals surface area contributed by atoms with Crippen LogP contribution in [0, 0.1) is 0 Å². The molecule has 3 aromatic carbocycles. The molecule has 1 aliphatic heterocycles. The van der Waals surface area contributed by atoms with Crippen LogP contribution in [0.5, 0.6) is 23.0 Å². The van der Waals surface area contributed by atoms with Crippen molar-refractivity contribution in [1.29, 1.82) is 0 Å². The molecule has 5 rings (SSSR count). The zero-order valence-electron chi connectivity index (χ0n) is 25.6. The van der Waals surface area contributed by atoms with Crippen molar-refractivity contribution in [3.05, 3.63) is 127 Å². The van der Waals surface area contributed by atoms with Crippen LogP contribution >= 0.6 is 11.3 Å². The van der Waals surface area contributed by atoms with Crippen molar-refractivity contribution in [1.82, 2.24) is 4.57 Å². The average Bonchev–Trinajstić information content (AvgIpc) is 3.36. The number of carbonyl (C=O) groups excluding carboxylic acids is 1. The monoisotopic (exact) mass is 626 g/mol. The lowest BCUT2D eigenvalue weighted by Gasteiger charge is -2.24. The van der Waals surface area contributed by atoms with E-state index in [1.165, 1.54) is 11.3 Å². The van der Waals surface area contributed by atoms with E-state index in [2.05, 4.69) is 11.6 Å². The Morgan fingerprint density at radius 1 is 0.978 bits per heavy atom. The second kappa shape index (κ2) is 14.1. The molecule has 4 aromatic rings. The van der Waals surface area contributed by atoms with E-state index in [1.54, 1.807) is 50.8 Å². The number of methoxy groups -OCH3 is 2. The number of thiazole rings is 1. The molecule has 0 radical (unpaired) electrons. The Bertz CT molecular complexity index is 1910. The number of esters is 1. The fourth-order valence-corrected chi connectivity index (χ4v) is 6.02. The Balaban J connectivity index is 1.46. The van der Waals surface area contributed by atoms with Crippen molar-refractivity contribution in [2.45, 2.75) is 26.5 Å². The number of rotatable bonds is 12. The first-order valence-corrected chi connectivity index (χ1v) is 15.2. The average molecular weight is 627 g/mol. The third kappa shape index (κ3) is 6.86. The molecule has 10 heteroatoms. The van der Waals surface area contributed by atoms with E-state index in [0.29, 0.717) is 56.8 Å². The highest BCUT2D eigenvalue weighted by Gasteiger charge is 2.33. The fraction of sp³-hybridized carbons (Fsp3) is 0.229. The molecular formula is C35H34N2O7S. The topological polar surface area (TPSA) is 97.6 Å². The fourth-order valence-electron chi connectivity index (χ4n) is 4.98. The maximum absolute atomic E-state index is 13.9. The summed E-state index contributed by atoms with van der Waals surface area (Å²) in [6.07, 6.45) is 3.47. The summed E-state index contributed by atoms with van der Waals surface area (Å²) < 4.78 is 29.8. The number of ether oxygens (including phenoxy) is 5. The molecule has 0 fully saturated rings. The number of carbonyl (C=O) groups is 1. The number of hydrogen-bond donors (Lipinski definition) is 0. The summed E-state index contributed by atoms with van der Waals surface area (Å²) in [4.78, 5) is 32.2. The Labute approximate surface area is 264 Å². The van der Waals surface area contributed by atoms with Gasteiger partial charge < -0.3 is 23.7 Å². The van der Waals surface area contributed by atoms with Crippen molar-refractivity contribution in [2.24, 2.45) is 4.99 Å². The maximum Gasteiger partial charge on any atom is 0.338 e. The summed E-state index contributed by atoms with van der Waals surface area (Å²) >= 11 is 1.27. The number of nitrogens with zero attached hydrogens (tertiary/aromatic N) is 2. The molecule has 0 N–H and O–H groups in total. The van der Waals surface area contributed by atoms with E-state index < -0.39 is 12.0 Å². The van der Waals surface area contributed by atoms with Crippen LogP contribution in [-0.4, -0.2) is 38.0 Å². The van der Waals surface area contributed by atoms with Crippen molar-refractivity contribution in [3.8, 4) is 23.0 Å². The minimum absolute atomic E-state index is 0.202. The van der Waals surface area contributed by atoms with Gasteiger partial charge in [0.05, 0.1) is 42.7 Å². The van der Waals surface area contributed by atoms with Gasteiger partial charge in [0.2, 0.25) is 0 Å². The van der Waals surface area contributed by atoms with Crippen LogP contribution in [0.1, 0.15) is 36.6 Å². The first-order chi connectivity index (χ1) is 21.9. The van der Waals surface area contributed by atoms with Crippen LogP contribution < -0.4 is 33.8 Å². The number of hydrogen-bond acceptors (Lipinski definition) is 9. The van der Waals surface area contributed by atoms with Gasteiger partial charge in [0.1, 0.15) is 36.2 Å². The maximum atomic E-state index is 13.9. The third-order valence-electron chi connectivity index (χ3n) is 7.14. The molecule has 45 heavy (non-hydrogen) atoms. The summed E-state index contributed by atoms with van der Waals surface area (Å²) in [6, 6.07) is 19.6. The van der Waals surface area contributed by atoms with Gasteiger partial charge in [-0.25, -0.2) is 9.79 Å². The van der Waals surface area contributed by atoms with E-state index in [9.17, 15) is 9.59 Å². The SMILES string of the molecule is C=CCOc1ccc([C@@H]2C(C(=O)OCC)=C(C)N=c3s/c(=C\c4ccc(OCc5cc(OC)ccc5OC)cc4)c(=O)n32)cc1. The van der Waals surface area contributed by atoms with Crippen LogP contribution in [-0.2, 0) is 16.1 Å². The molecular weight excluding hydrogens is 592 g/mol. The Hall–Kier alpha value is -5.09. The molecule has 0 amide bonds. The molecule has 0 aliphatic carbocycles. The molecule has 0 saturated heterocycles. The van der Waals surface area contributed by atoms with Gasteiger partial charge in [0, 0.05) is 5.56 Å². The highest BCUT2D eigenvalue weighted by atomic mass is 32.1. The highest BCUT2D eigenvalue weighted by molar-refractivity contribution is 7.07. The van der Waals surface area contributed by atoms with Crippen LogP contribution in [0.3, 0.4) is 0 Å². The molecule has 1 aromatic heterocycles. The number of benzene rings is 3. The van der Waals surface area contributed by atoms with Crippen LogP contribution in [0.25, 0.3) is 6.08 Å². The zero-order valence-corrected chi connectivity index (χ0v) is 26.4. The number of allylic oxidation sites excluding steroid dienone is 1. The van der Waals surface area contributed by atoms with E-state index in [0.717, 1.165) is 16.7 Å². The van der Waals surface area contributed by atoms with Gasteiger partial charge in [-0.05, 0) is 73.5 Å². The van der Waals surface area contributed by atoms with E-state index in [4.69, 9.17) is 23.7 Å². The Morgan fingerprint density at radius 2 is 1.67 bits per heavy atom. The lowest BCUT2D eigenvalue weighted by atomic mass is 9.96. The smallest absolute Gasteiger partial charge is 0.338 e. The lowest BCUT2D eigenvalue weighted by Crippen LogP contribution is -2.39. The van der Waals surface area contributed by atoms with Crippen LogP contribution in [0.15, 0.2) is 100 Å². The zero-order chi connectivity index (χ0) is 31.9. The second-order valence-corrected chi connectivity index (χ2v) is 11.0. The second-order valence-electron chi connectivity index (χ2n) is 10.0. The predicted molar refractivity (Wildman–Crippen MR) is 173 cm³/mol. The standard InChI is InChI=1S/C35H34N2O7S/c1-6-18-43-26-14-10-24(11-15-26)32-31(34(39)42-7-2)22(3)36-35-37(32)33(38)30(45-35)19-23-8-12-27(13-9-23)44-21-25-20-28(40-4)16-17-29(25)41-5/h6,8-17,19-20,32H,1,7,18,21H2,2-5H3/b30-19-/t32-/m1/s1. The molecule has 9 nitrogen and oxygen atoms in total. The molecule has 232 valence electrons. The molecule has 0 bridgehead atoms. The molecule has 0 saturated carbocycles. The molecule has 1 atom stereocenters. The Morgan fingerprint density at radius 3 is 2.33 bits per heavy atom. The van der Waals surface area contributed by atoms with Crippen LogP contribution in [0.4, 0.5) is 0 Å². The highest BCUT2D eigenvalue weighted by Crippen LogP contribution is 2.32. The van der Waals surface area contributed by atoms with E-state index in [-0.39, 0.29) is 12.2 Å². The summed E-state index contributed by atoms with van der Waals surface area (Å²) in [5.41, 5.74) is 2.98. The van der Waals surface area contributed by atoms with Crippen molar-refractivity contribution in [2.75, 3.05) is 27.4 Å². The lowest BCUT2D eigenvalue weighted by molar-refractivity contribution is -0.139. The predicted octanol–water partition coefficient (Wildman–Crippen LogP) is 4.96. The minimum Gasteiger partial charge on any atom is -0.497 e. The summed E-state index contributed by atoms with van der Waals surface area (Å²) in [6.45, 7) is 8.05. The van der Waals surface area contributed by atoms with Gasteiger partial charge in [-0.3, -0.25) is 9.36 Å². The van der Waals surface area contributed by atoms with Gasteiger partial charge in [-0.1, -0.05) is 48.3 Å². The first kappa shape index (κ1) is 31.3. The number of aromatic nitrogens is 1. The van der Waals surface area contributed by atoms with Gasteiger partial charge >= 0.3 is 5.97 Å². The van der Waals surface area contributed by atoms with Crippen molar-refractivity contribution in [3.63, 3.8) is 0 Å². The van der Waals surface area contributed by atoms with E-state index >= 15 is 0 Å². The molecule has 2 heterocycles. The van der Waals surface area contributed by atoms with Crippen LogP contribution in [0.2, 0.25) is 0 Å². The van der Waals surface area contributed by atoms with Gasteiger partial charge in [0.25, 0.3) is 5.56 Å². The largest absolute Gasteiger partial charge is 0.497 e. The summed E-state index contributed by atoms with van der Waals surface area (Å²) in [5, 5.41) is 0. The number of fused-ring (bicyclic) bond motifs is 1. The van der Waals surface area contributed by atoms with Gasteiger partial charge in [-0.15, -0.1) is 0 Å². The van der Waals surface area contributed by atoms with Gasteiger partial charge in [-0.2, -0.15) is 0 Å². The summed E-state index contributed by atoms with van der Waals surface area (Å²) in [7, 11) is 3.22. The minimum atomic E-state index is -0.708. The third-order valence-corrected chi connectivity index (χ3v) is 8.12. The first-order valence-electron chi connectivity index (χ1n) is 14.3. The molecule has 0 unspecified atom stereocenters. The summed E-state index contributed by atoms with van der Waals surface area (Å²) in [5.74, 6) is 2.23. The molecule has 0 spiro atoms. The normalized spacial score (nSPS) is 14.3.